The van der Waals surface area contributed by atoms with Crippen LogP contribution in [-0.4, -0.2) is 12.4 Å². The van der Waals surface area contributed by atoms with Gasteiger partial charge in [-0.05, 0) is 41.8 Å². The molecule has 1 nitrogen and oxygen atoms in total. The van der Waals surface area contributed by atoms with E-state index in [-0.39, 0.29) is 0 Å². The maximum atomic E-state index is 6.18. The third kappa shape index (κ3) is 1.89. The van der Waals surface area contributed by atoms with Gasteiger partial charge in [-0.3, -0.25) is 0 Å². The highest BCUT2D eigenvalue weighted by Crippen LogP contribution is 2.38. The molecule has 0 N–H and O–H groups in total. The van der Waals surface area contributed by atoms with Crippen molar-refractivity contribution >= 4 is 35.6 Å². The molecule has 0 spiro atoms. The van der Waals surface area contributed by atoms with E-state index in [0.29, 0.717) is 0 Å². The second kappa shape index (κ2) is 5.14. The molecule has 112 valence electrons. The predicted octanol–water partition coefficient (Wildman–Crippen LogP) is 5.24. The maximum Gasteiger partial charge on any atom is 0.107 e. The number of benzene rings is 3. The van der Waals surface area contributed by atoms with Crippen LogP contribution < -0.4 is 0 Å². The second-order valence-electron chi connectivity index (χ2n) is 6.43. The maximum absolute atomic E-state index is 6.18. The Hall–Kier alpha value is -2.74. The van der Waals surface area contributed by atoms with Gasteiger partial charge in [0.25, 0.3) is 0 Å². The molecular weight excluding hydrogens is 289 g/mol. The fourth-order valence-corrected chi connectivity index (χ4v) is 3.93. The van der Waals surface area contributed by atoms with Crippen LogP contribution in [0.15, 0.2) is 72.2 Å². The van der Waals surface area contributed by atoms with Crippen molar-refractivity contribution in [2.75, 3.05) is 0 Å². The summed E-state index contributed by atoms with van der Waals surface area (Å²) in [7, 11) is 6.18. The SMILES string of the molecule is [B]C1=Cc2c(n(-c3ccccc3)c3ccc4ccccc4c23)CC1. The fourth-order valence-electron chi connectivity index (χ4n) is 3.93. The normalized spacial score (nSPS) is 13.9. The van der Waals surface area contributed by atoms with Crippen molar-refractivity contribution in [3.63, 3.8) is 0 Å². The molecule has 0 unspecified atom stereocenters. The fraction of sp³-hybridized carbons (Fsp3) is 0.0909. The van der Waals surface area contributed by atoms with Crippen molar-refractivity contribution in [1.29, 1.82) is 0 Å². The Labute approximate surface area is 142 Å². The lowest BCUT2D eigenvalue weighted by Crippen LogP contribution is -2.05. The summed E-state index contributed by atoms with van der Waals surface area (Å²) >= 11 is 0. The highest BCUT2D eigenvalue weighted by atomic mass is 15.0. The van der Waals surface area contributed by atoms with Gasteiger partial charge in [0.2, 0.25) is 0 Å². The molecule has 1 aromatic heterocycles. The molecule has 0 saturated carbocycles. The Morgan fingerprint density at radius 3 is 2.46 bits per heavy atom. The molecule has 4 aromatic rings. The number of hydrogen-bond acceptors (Lipinski definition) is 0. The lowest BCUT2D eigenvalue weighted by Gasteiger charge is -2.15. The highest BCUT2D eigenvalue weighted by Gasteiger charge is 2.21. The molecular formula is C22H16BN. The van der Waals surface area contributed by atoms with Crippen LogP contribution in [0.25, 0.3) is 33.4 Å². The average Bonchev–Trinajstić information content (AvgIpc) is 2.96. The molecule has 0 bridgehead atoms. The first-order valence-corrected chi connectivity index (χ1v) is 8.39. The summed E-state index contributed by atoms with van der Waals surface area (Å²) in [4.78, 5) is 0. The number of hydrogen-bond donors (Lipinski definition) is 0. The number of allylic oxidation sites excluding steroid dienone is 1. The van der Waals surface area contributed by atoms with Gasteiger partial charge < -0.3 is 4.57 Å². The quantitative estimate of drug-likeness (QED) is 0.424. The van der Waals surface area contributed by atoms with Gasteiger partial charge in [-0.25, -0.2) is 0 Å². The molecule has 1 aliphatic carbocycles. The van der Waals surface area contributed by atoms with Crippen LogP contribution in [0.5, 0.6) is 0 Å². The van der Waals surface area contributed by atoms with Gasteiger partial charge in [0, 0.05) is 22.3 Å². The molecule has 2 radical (unpaired) electrons. The molecule has 2 heteroatoms. The van der Waals surface area contributed by atoms with Crippen LogP contribution in [0.2, 0.25) is 0 Å². The smallest absolute Gasteiger partial charge is 0.107 e. The van der Waals surface area contributed by atoms with E-state index in [1.165, 1.54) is 38.6 Å². The third-order valence-electron chi connectivity index (χ3n) is 4.99. The predicted molar refractivity (Wildman–Crippen MR) is 103 cm³/mol. The molecule has 5 rings (SSSR count). The molecule has 0 saturated heterocycles. The van der Waals surface area contributed by atoms with Gasteiger partial charge in [-0.15, -0.1) is 5.47 Å². The topological polar surface area (TPSA) is 4.93 Å². The first kappa shape index (κ1) is 13.7. The van der Waals surface area contributed by atoms with Crippen molar-refractivity contribution < 1.29 is 0 Å². The molecule has 3 aromatic carbocycles. The zero-order valence-corrected chi connectivity index (χ0v) is 13.4. The minimum Gasteiger partial charge on any atom is -0.313 e. The molecule has 0 aliphatic heterocycles. The van der Waals surface area contributed by atoms with E-state index in [0.717, 1.165) is 18.3 Å². The zero-order chi connectivity index (χ0) is 16.1. The molecule has 0 amide bonds. The van der Waals surface area contributed by atoms with Crippen LogP contribution in [-0.2, 0) is 6.42 Å². The highest BCUT2D eigenvalue weighted by molar-refractivity contribution is 6.25. The number of aromatic nitrogens is 1. The van der Waals surface area contributed by atoms with Crippen LogP contribution >= 0.6 is 0 Å². The van der Waals surface area contributed by atoms with E-state index in [4.69, 9.17) is 7.85 Å². The summed E-state index contributed by atoms with van der Waals surface area (Å²) in [5.74, 6) is 0. The van der Waals surface area contributed by atoms with Crippen LogP contribution in [0.4, 0.5) is 0 Å². The molecule has 1 heterocycles. The standard InChI is InChI=1S/C22H16BN/c23-16-11-13-20-19(14-16)22-18-9-5-4-6-15(18)10-12-21(22)24(20)17-7-2-1-3-8-17/h1-10,12,14H,11,13H2. The molecule has 0 atom stereocenters. The lowest BCUT2D eigenvalue weighted by molar-refractivity contribution is 0.880. The Balaban J connectivity index is 1.99. The summed E-state index contributed by atoms with van der Waals surface area (Å²) in [6.45, 7) is 0. The number of nitrogens with zero attached hydrogens (tertiary/aromatic N) is 1. The van der Waals surface area contributed by atoms with Gasteiger partial charge in [0.1, 0.15) is 7.85 Å². The van der Waals surface area contributed by atoms with Crippen LogP contribution in [0.1, 0.15) is 17.7 Å². The van der Waals surface area contributed by atoms with E-state index < -0.39 is 0 Å². The van der Waals surface area contributed by atoms with E-state index in [2.05, 4.69) is 77.4 Å². The van der Waals surface area contributed by atoms with Gasteiger partial charge in [-0.1, -0.05) is 54.6 Å². The van der Waals surface area contributed by atoms with Crippen molar-refractivity contribution in [2.24, 2.45) is 0 Å². The average molecular weight is 305 g/mol. The van der Waals surface area contributed by atoms with Crippen LogP contribution in [0, 0.1) is 0 Å². The largest absolute Gasteiger partial charge is 0.313 e. The lowest BCUT2D eigenvalue weighted by atomic mass is 9.83. The monoisotopic (exact) mass is 305 g/mol. The van der Waals surface area contributed by atoms with E-state index in [9.17, 15) is 0 Å². The molecule has 24 heavy (non-hydrogen) atoms. The first-order chi connectivity index (χ1) is 11.8. The summed E-state index contributed by atoms with van der Waals surface area (Å²) in [5.41, 5.74) is 6.10. The Kier molecular flexibility index (Phi) is 2.93. The van der Waals surface area contributed by atoms with E-state index >= 15 is 0 Å². The Morgan fingerprint density at radius 2 is 1.58 bits per heavy atom. The minimum absolute atomic E-state index is 0.925. The van der Waals surface area contributed by atoms with Crippen molar-refractivity contribution in [3.05, 3.63) is 83.5 Å². The summed E-state index contributed by atoms with van der Waals surface area (Å²) in [6, 6.07) is 23.7. The summed E-state index contributed by atoms with van der Waals surface area (Å²) < 4.78 is 2.40. The van der Waals surface area contributed by atoms with E-state index in [1.54, 1.807) is 0 Å². The van der Waals surface area contributed by atoms with Gasteiger partial charge in [0.15, 0.2) is 0 Å². The minimum atomic E-state index is 0.925. The van der Waals surface area contributed by atoms with Crippen molar-refractivity contribution in [1.82, 2.24) is 4.57 Å². The zero-order valence-electron chi connectivity index (χ0n) is 13.4. The Bertz CT molecular complexity index is 1100. The number of rotatable bonds is 1. The molecule has 0 fully saturated rings. The van der Waals surface area contributed by atoms with Crippen LogP contribution in [0.3, 0.4) is 0 Å². The van der Waals surface area contributed by atoms with Crippen molar-refractivity contribution in [3.8, 4) is 5.69 Å². The number of fused-ring (bicyclic) bond motifs is 5. The van der Waals surface area contributed by atoms with Gasteiger partial charge >= 0.3 is 0 Å². The first-order valence-electron chi connectivity index (χ1n) is 8.39. The Morgan fingerprint density at radius 1 is 0.792 bits per heavy atom. The molecule has 1 aliphatic rings. The second-order valence-corrected chi connectivity index (χ2v) is 6.43. The van der Waals surface area contributed by atoms with E-state index in [1.807, 2.05) is 0 Å². The van der Waals surface area contributed by atoms with Gasteiger partial charge in [-0.2, -0.15) is 0 Å². The number of para-hydroxylation sites is 1. The third-order valence-corrected chi connectivity index (χ3v) is 4.99. The summed E-state index contributed by atoms with van der Waals surface area (Å²) in [5, 5.41) is 3.89. The van der Waals surface area contributed by atoms with Crippen molar-refractivity contribution in [2.45, 2.75) is 12.8 Å². The summed E-state index contributed by atoms with van der Waals surface area (Å²) in [6.07, 6.45) is 4.08. The van der Waals surface area contributed by atoms with Gasteiger partial charge in [0.05, 0.1) is 5.52 Å².